The molecule has 2 heteroatoms. The molecule has 18 heavy (non-hydrogen) atoms. The van der Waals surface area contributed by atoms with Crippen LogP contribution >= 0.6 is 0 Å². The normalized spacial score (nSPS) is 12.8. The van der Waals surface area contributed by atoms with E-state index in [0.29, 0.717) is 0 Å². The van der Waals surface area contributed by atoms with Crippen LogP contribution in [0.15, 0.2) is 16.5 Å². The molecule has 1 heterocycles. The molecule has 1 atom stereocenters. The van der Waals surface area contributed by atoms with Gasteiger partial charge in [0.25, 0.3) is 0 Å². The Hall–Kier alpha value is -0.760. The van der Waals surface area contributed by atoms with Crippen LogP contribution < -0.4 is 5.73 Å². The average Bonchev–Trinajstić information content (AvgIpc) is 2.79. The van der Waals surface area contributed by atoms with Crippen molar-refractivity contribution in [3.8, 4) is 0 Å². The highest BCUT2D eigenvalue weighted by Gasteiger charge is 2.09. The third kappa shape index (κ3) is 6.25. The summed E-state index contributed by atoms with van der Waals surface area (Å²) in [5.41, 5.74) is 6.10. The summed E-state index contributed by atoms with van der Waals surface area (Å²) in [4.78, 5) is 0. The predicted molar refractivity (Wildman–Crippen MR) is 77.6 cm³/mol. The molecule has 0 bridgehead atoms. The molecule has 0 saturated carbocycles. The highest BCUT2D eigenvalue weighted by molar-refractivity contribution is 5.08. The highest BCUT2D eigenvalue weighted by atomic mass is 16.3. The summed E-state index contributed by atoms with van der Waals surface area (Å²) in [5.74, 6) is 1.90. The van der Waals surface area contributed by atoms with Gasteiger partial charge in [-0.1, -0.05) is 58.3 Å². The zero-order valence-electron chi connectivity index (χ0n) is 12.1. The Morgan fingerprint density at radius 2 is 1.61 bits per heavy atom. The fourth-order valence-electron chi connectivity index (χ4n) is 2.29. The summed E-state index contributed by atoms with van der Waals surface area (Å²) in [6.07, 6.45) is 11.8. The smallest absolute Gasteiger partial charge is 0.120 e. The summed E-state index contributed by atoms with van der Waals surface area (Å²) in [7, 11) is 0. The molecule has 104 valence electrons. The predicted octanol–water partition coefficient (Wildman–Crippen LogP) is 5.12. The van der Waals surface area contributed by atoms with Gasteiger partial charge in [0.15, 0.2) is 0 Å². The maximum Gasteiger partial charge on any atom is 0.120 e. The first kappa shape index (κ1) is 15.3. The van der Waals surface area contributed by atoms with Gasteiger partial charge in [0.05, 0.1) is 6.04 Å². The van der Waals surface area contributed by atoms with Crippen molar-refractivity contribution in [2.75, 3.05) is 0 Å². The van der Waals surface area contributed by atoms with E-state index >= 15 is 0 Å². The van der Waals surface area contributed by atoms with Gasteiger partial charge in [0.1, 0.15) is 11.5 Å². The Morgan fingerprint density at radius 1 is 1.00 bits per heavy atom. The molecule has 1 aromatic rings. The molecule has 0 aromatic carbocycles. The minimum Gasteiger partial charge on any atom is -0.465 e. The van der Waals surface area contributed by atoms with E-state index < -0.39 is 0 Å². The minimum absolute atomic E-state index is 0.0822. The molecule has 0 aliphatic rings. The summed E-state index contributed by atoms with van der Waals surface area (Å²) in [6.45, 7) is 4.23. The zero-order chi connectivity index (χ0) is 13.2. The maximum atomic E-state index is 6.10. The number of furan rings is 1. The quantitative estimate of drug-likeness (QED) is 0.586. The van der Waals surface area contributed by atoms with Gasteiger partial charge in [-0.3, -0.25) is 0 Å². The Balaban J connectivity index is 1.97. The van der Waals surface area contributed by atoms with Gasteiger partial charge >= 0.3 is 0 Å². The molecule has 0 amide bonds. The van der Waals surface area contributed by atoms with E-state index in [-0.39, 0.29) is 6.04 Å². The van der Waals surface area contributed by atoms with E-state index in [9.17, 15) is 0 Å². The van der Waals surface area contributed by atoms with Crippen molar-refractivity contribution in [1.29, 1.82) is 0 Å². The Morgan fingerprint density at radius 3 is 2.17 bits per heavy atom. The van der Waals surface area contributed by atoms with Gasteiger partial charge in [0, 0.05) is 0 Å². The number of aryl methyl sites for hydroxylation is 1. The van der Waals surface area contributed by atoms with E-state index in [1.54, 1.807) is 0 Å². The second-order valence-corrected chi connectivity index (χ2v) is 5.32. The van der Waals surface area contributed by atoms with Gasteiger partial charge in [-0.25, -0.2) is 0 Å². The number of hydrogen-bond donors (Lipinski definition) is 1. The molecular formula is C16H29NO. The molecule has 1 aromatic heterocycles. The molecule has 0 spiro atoms. The van der Waals surface area contributed by atoms with Crippen LogP contribution in [0.1, 0.15) is 82.3 Å². The van der Waals surface area contributed by atoms with Gasteiger partial charge in [-0.05, 0) is 25.5 Å². The number of unbranched alkanes of at least 4 members (excludes halogenated alkanes) is 7. The molecule has 0 radical (unpaired) electrons. The van der Waals surface area contributed by atoms with Crippen LogP contribution in [0.25, 0.3) is 0 Å². The Labute approximate surface area is 112 Å². The Kier molecular flexibility index (Phi) is 7.83. The largest absolute Gasteiger partial charge is 0.465 e. The molecule has 0 aliphatic heterocycles. The van der Waals surface area contributed by atoms with Crippen molar-refractivity contribution in [1.82, 2.24) is 0 Å². The number of nitrogens with two attached hydrogens (primary N) is 1. The third-order valence-electron chi connectivity index (χ3n) is 3.50. The minimum atomic E-state index is 0.0822. The van der Waals surface area contributed by atoms with Crippen LogP contribution in [0.4, 0.5) is 0 Å². The summed E-state index contributed by atoms with van der Waals surface area (Å²) < 4.78 is 5.54. The monoisotopic (exact) mass is 251 g/mol. The molecule has 0 saturated heterocycles. The van der Waals surface area contributed by atoms with E-state index in [2.05, 4.69) is 6.92 Å². The van der Waals surface area contributed by atoms with Crippen LogP contribution in [0.2, 0.25) is 0 Å². The molecule has 1 rings (SSSR count). The van der Waals surface area contributed by atoms with E-state index in [0.717, 1.165) is 17.9 Å². The molecule has 1 unspecified atom stereocenters. The fraction of sp³-hybridized carbons (Fsp3) is 0.750. The van der Waals surface area contributed by atoms with E-state index in [1.165, 1.54) is 51.4 Å². The SMILES string of the molecule is CCCCCCCCCCC(N)c1ccc(C)o1. The maximum absolute atomic E-state index is 6.10. The lowest BCUT2D eigenvalue weighted by molar-refractivity contribution is 0.423. The highest BCUT2D eigenvalue weighted by Crippen LogP contribution is 2.20. The first-order valence-electron chi connectivity index (χ1n) is 7.56. The van der Waals surface area contributed by atoms with Crippen molar-refractivity contribution in [3.63, 3.8) is 0 Å². The standard InChI is InChI=1S/C16H29NO/c1-3-4-5-6-7-8-9-10-11-15(17)16-13-12-14(2)18-16/h12-13,15H,3-11,17H2,1-2H3. The van der Waals surface area contributed by atoms with Gasteiger partial charge < -0.3 is 10.2 Å². The number of rotatable bonds is 10. The lowest BCUT2D eigenvalue weighted by Crippen LogP contribution is -2.08. The van der Waals surface area contributed by atoms with Gasteiger partial charge in [-0.2, -0.15) is 0 Å². The van der Waals surface area contributed by atoms with Crippen molar-refractivity contribution >= 4 is 0 Å². The van der Waals surface area contributed by atoms with Gasteiger partial charge in [0.2, 0.25) is 0 Å². The van der Waals surface area contributed by atoms with Crippen molar-refractivity contribution in [3.05, 3.63) is 23.7 Å². The van der Waals surface area contributed by atoms with Crippen LogP contribution in [0, 0.1) is 6.92 Å². The lowest BCUT2D eigenvalue weighted by atomic mass is 10.0. The topological polar surface area (TPSA) is 39.2 Å². The second-order valence-electron chi connectivity index (χ2n) is 5.32. The van der Waals surface area contributed by atoms with Crippen molar-refractivity contribution in [2.45, 2.75) is 77.7 Å². The molecule has 0 aliphatic carbocycles. The van der Waals surface area contributed by atoms with Gasteiger partial charge in [-0.15, -0.1) is 0 Å². The fourth-order valence-corrected chi connectivity index (χ4v) is 2.29. The summed E-state index contributed by atoms with van der Waals surface area (Å²) in [6, 6.07) is 4.08. The first-order valence-corrected chi connectivity index (χ1v) is 7.56. The summed E-state index contributed by atoms with van der Waals surface area (Å²) in [5, 5.41) is 0. The van der Waals surface area contributed by atoms with E-state index in [1.807, 2.05) is 19.1 Å². The average molecular weight is 251 g/mol. The zero-order valence-corrected chi connectivity index (χ0v) is 12.1. The van der Waals surface area contributed by atoms with Crippen LogP contribution in [-0.2, 0) is 0 Å². The molecule has 0 fully saturated rings. The molecule has 2 nitrogen and oxygen atoms in total. The Bertz CT molecular complexity index is 306. The molecule has 2 N–H and O–H groups in total. The second kappa shape index (κ2) is 9.21. The first-order chi connectivity index (χ1) is 8.74. The van der Waals surface area contributed by atoms with Crippen LogP contribution in [0.3, 0.4) is 0 Å². The van der Waals surface area contributed by atoms with E-state index in [4.69, 9.17) is 10.2 Å². The number of hydrogen-bond acceptors (Lipinski definition) is 2. The molecular weight excluding hydrogens is 222 g/mol. The van der Waals surface area contributed by atoms with Crippen molar-refractivity contribution < 1.29 is 4.42 Å². The summed E-state index contributed by atoms with van der Waals surface area (Å²) >= 11 is 0. The van der Waals surface area contributed by atoms with Crippen molar-refractivity contribution in [2.24, 2.45) is 5.73 Å². The lowest BCUT2D eigenvalue weighted by Gasteiger charge is -2.08. The third-order valence-corrected chi connectivity index (χ3v) is 3.50. The van der Waals surface area contributed by atoms with Crippen LogP contribution in [0.5, 0.6) is 0 Å². The van der Waals surface area contributed by atoms with Crippen LogP contribution in [-0.4, -0.2) is 0 Å².